The first-order chi connectivity index (χ1) is 15.6. The lowest BCUT2D eigenvalue weighted by Crippen LogP contribution is -2.42. The van der Waals surface area contributed by atoms with Crippen molar-refractivity contribution in [3.05, 3.63) is 45.4 Å². The van der Waals surface area contributed by atoms with Crippen LogP contribution in [0.4, 0.5) is 0 Å². The second-order valence-electron chi connectivity index (χ2n) is 9.66. The molecule has 0 bridgehead atoms. The Morgan fingerprint density at radius 2 is 2.03 bits per heavy atom. The molecule has 1 aliphatic carbocycles. The Bertz CT molecular complexity index is 1020. The molecule has 1 N–H and O–H groups in total. The SMILES string of the molecule is Cc1ccnn1CCC(=O)N1CCC(c2nc3c(c(=O)[nH]2)CCN(C2CCCCC2)C3)C1. The van der Waals surface area contributed by atoms with Crippen molar-refractivity contribution < 1.29 is 4.79 Å². The van der Waals surface area contributed by atoms with Crippen LogP contribution in [-0.4, -0.2) is 61.1 Å². The van der Waals surface area contributed by atoms with Gasteiger partial charge in [0.15, 0.2) is 0 Å². The Kier molecular flexibility index (Phi) is 6.13. The van der Waals surface area contributed by atoms with Crippen LogP contribution in [0.1, 0.15) is 73.6 Å². The second kappa shape index (κ2) is 9.17. The fourth-order valence-corrected chi connectivity index (χ4v) is 5.63. The summed E-state index contributed by atoms with van der Waals surface area (Å²) in [5.41, 5.74) is 2.91. The molecule has 2 aliphatic heterocycles. The molecule has 2 aromatic rings. The molecule has 8 nitrogen and oxygen atoms in total. The van der Waals surface area contributed by atoms with Crippen molar-refractivity contribution in [2.24, 2.45) is 0 Å². The minimum atomic E-state index is 0.0206. The molecule has 32 heavy (non-hydrogen) atoms. The predicted octanol–water partition coefficient (Wildman–Crippen LogP) is 2.37. The summed E-state index contributed by atoms with van der Waals surface area (Å²) in [6.45, 7) is 5.70. The van der Waals surface area contributed by atoms with Gasteiger partial charge in [-0.15, -0.1) is 0 Å². The third-order valence-electron chi connectivity index (χ3n) is 7.61. The summed E-state index contributed by atoms with van der Waals surface area (Å²) in [6, 6.07) is 2.59. The molecule has 0 radical (unpaired) electrons. The molecule has 1 atom stereocenters. The number of rotatable bonds is 5. The Labute approximate surface area is 189 Å². The maximum absolute atomic E-state index is 12.8. The zero-order valence-electron chi connectivity index (χ0n) is 19.1. The lowest BCUT2D eigenvalue weighted by molar-refractivity contribution is -0.130. The highest BCUT2D eigenvalue weighted by Crippen LogP contribution is 2.29. The van der Waals surface area contributed by atoms with Crippen LogP contribution < -0.4 is 5.56 Å². The van der Waals surface area contributed by atoms with E-state index in [1.807, 2.05) is 22.6 Å². The van der Waals surface area contributed by atoms with Crippen molar-refractivity contribution >= 4 is 5.91 Å². The number of hydrogen-bond acceptors (Lipinski definition) is 5. The third-order valence-corrected chi connectivity index (χ3v) is 7.61. The van der Waals surface area contributed by atoms with E-state index in [0.29, 0.717) is 25.6 Å². The van der Waals surface area contributed by atoms with E-state index >= 15 is 0 Å². The van der Waals surface area contributed by atoms with Crippen molar-refractivity contribution in [3.63, 3.8) is 0 Å². The number of H-pyrrole nitrogens is 1. The average molecular weight is 439 g/mol. The fourth-order valence-electron chi connectivity index (χ4n) is 5.63. The quantitative estimate of drug-likeness (QED) is 0.774. The van der Waals surface area contributed by atoms with Gasteiger partial charge in [0, 0.05) is 68.6 Å². The van der Waals surface area contributed by atoms with Crippen molar-refractivity contribution in [1.29, 1.82) is 0 Å². The largest absolute Gasteiger partial charge is 0.342 e. The Morgan fingerprint density at radius 1 is 1.19 bits per heavy atom. The van der Waals surface area contributed by atoms with E-state index in [9.17, 15) is 9.59 Å². The molecule has 8 heteroatoms. The standard InChI is InChI=1S/C24H34N6O2/c1-17-7-11-25-30(17)14-10-22(31)29-12-8-18(15-29)23-26-21-16-28(19-5-3-2-4-6-19)13-9-20(21)24(32)27-23/h7,11,18-19H,2-6,8-10,12-16H2,1H3,(H,26,27,32). The number of likely N-dealkylation sites (tertiary alicyclic amines) is 1. The van der Waals surface area contributed by atoms with Gasteiger partial charge in [-0.05, 0) is 38.7 Å². The highest BCUT2D eigenvalue weighted by Gasteiger charge is 2.31. The summed E-state index contributed by atoms with van der Waals surface area (Å²) in [4.78, 5) is 38.0. The highest BCUT2D eigenvalue weighted by atomic mass is 16.2. The van der Waals surface area contributed by atoms with Crippen molar-refractivity contribution in [2.75, 3.05) is 19.6 Å². The maximum Gasteiger partial charge on any atom is 0.254 e. The number of amides is 1. The van der Waals surface area contributed by atoms with E-state index in [1.54, 1.807) is 6.20 Å². The summed E-state index contributed by atoms with van der Waals surface area (Å²) in [5, 5.41) is 4.26. The van der Waals surface area contributed by atoms with Gasteiger partial charge in [0.05, 0.1) is 5.69 Å². The summed E-state index contributed by atoms with van der Waals surface area (Å²) in [6.07, 6.45) is 10.4. The Hall–Kier alpha value is -2.48. The van der Waals surface area contributed by atoms with Crippen molar-refractivity contribution in [3.8, 4) is 0 Å². The van der Waals surface area contributed by atoms with Gasteiger partial charge in [-0.2, -0.15) is 5.10 Å². The molecule has 1 saturated heterocycles. The molecule has 1 unspecified atom stereocenters. The molecule has 1 amide bonds. The van der Waals surface area contributed by atoms with Crippen LogP contribution in [0.3, 0.4) is 0 Å². The van der Waals surface area contributed by atoms with Crippen LogP contribution in [0.5, 0.6) is 0 Å². The molecular formula is C24H34N6O2. The first kappa shape index (κ1) is 21.4. The summed E-state index contributed by atoms with van der Waals surface area (Å²) >= 11 is 0. The molecule has 3 aliphatic rings. The van der Waals surface area contributed by atoms with E-state index in [1.165, 1.54) is 32.1 Å². The fraction of sp³-hybridized carbons (Fsp3) is 0.667. The zero-order chi connectivity index (χ0) is 22.1. The molecule has 2 fully saturated rings. The maximum atomic E-state index is 12.8. The minimum absolute atomic E-state index is 0.0206. The first-order valence-electron chi connectivity index (χ1n) is 12.2. The van der Waals surface area contributed by atoms with Gasteiger partial charge in [-0.1, -0.05) is 19.3 Å². The van der Waals surface area contributed by atoms with Crippen LogP contribution >= 0.6 is 0 Å². The summed E-state index contributed by atoms with van der Waals surface area (Å²) in [7, 11) is 0. The van der Waals surface area contributed by atoms with Crippen molar-refractivity contribution in [1.82, 2.24) is 29.5 Å². The number of aryl methyl sites for hydroxylation is 2. The average Bonchev–Trinajstić information content (AvgIpc) is 3.47. The lowest BCUT2D eigenvalue weighted by Gasteiger charge is -2.37. The van der Waals surface area contributed by atoms with E-state index in [-0.39, 0.29) is 17.4 Å². The smallest absolute Gasteiger partial charge is 0.254 e. The molecule has 1 saturated carbocycles. The predicted molar refractivity (Wildman–Crippen MR) is 121 cm³/mol. The van der Waals surface area contributed by atoms with E-state index in [0.717, 1.165) is 55.3 Å². The van der Waals surface area contributed by atoms with Gasteiger partial charge in [0.2, 0.25) is 5.91 Å². The monoisotopic (exact) mass is 438 g/mol. The van der Waals surface area contributed by atoms with Crippen LogP contribution in [0, 0.1) is 6.92 Å². The van der Waals surface area contributed by atoms with Crippen LogP contribution in [-0.2, 0) is 24.3 Å². The van der Waals surface area contributed by atoms with Gasteiger partial charge < -0.3 is 9.88 Å². The Morgan fingerprint density at radius 3 is 2.81 bits per heavy atom. The lowest BCUT2D eigenvalue weighted by atomic mass is 9.92. The topological polar surface area (TPSA) is 87.1 Å². The number of carbonyl (C=O) groups excluding carboxylic acids is 1. The van der Waals surface area contributed by atoms with Gasteiger partial charge >= 0.3 is 0 Å². The van der Waals surface area contributed by atoms with Crippen molar-refractivity contribution in [2.45, 2.75) is 83.3 Å². The summed E-state index contributed by atoms with van der Waals surface area (Å²) < 4.78 is 1.87. The number of nitrogens with zero attached hydrogens (tertiary/aromatic N) is 5. The normalized spacial score (nSPS) is 22.3. The molecule has 4 heterocycles. The number of carbonyl (C=O) groups is 1. The molecule has 172 valence electrons. The van der Waals surface area contributed by atoms with Gasteiger partial charge in [-0.3, -0.25) is 19.2 Å². The minimum Gasteiger partial charge on any atom is -0.342 e. The number of hydrogen-bond donors (Lipinski definition) is 1. The number of fused-ring (bicyclic) bond motifs is 1. The molecule has 0 spiro atoms. The highest BCUT2D eigenvalue weighted by molar-refractivity contribution is 5.76. The number of aromatic nitrogens is 4. The molecule has 5 rings (SSSR count). The van der Waals surface area contributed by atoms with Crippen LogP contribution in [0.2, 0.25) is 0 Å². The van der Waals surface area contributed by atoms with Crippen LogP contribution in [0.25, 0.3) is 0 Å². The van der Waals surface area contributed by atoms with Crippen LogP contribution in [0.15, 0.2) is 17.1 Å². The second-order valence-corrected chi connectivity index (χ2v) is 9.66. The first-order valence-corrected chi connectivity index (χ1v) is 12.2. The van der Waals surface area contributed by atoms with E-state index < -0.39 is 0 Å². The van der Waals surface area contributed by atoms with Gasteiger partial charge in [0.1, 0.15) is 5.82 Å². The summed E-state index contributed by atoms with van der Waals surface area (Å²) in [5.74, 6) is 1.01. The Balaban J connectivity index is 1.24. The molecule has 2 aromatic heterocycles. The number of aromatic amines is 1. The van der Waals surface area contributed by atoms with E-state index in [2.05, 4.69) is 15.0 Å². The zero-order valence-corrected chi connectivity index (χ0v) is 19.1. The molecular weight excluding hydrogens is 404 g/mol. The van der Waals surface area contributed by atoms with E-state index in [4.69, 9.17) is 4.98 Å². The molecule has 0 aromatic carbocycles. The van der Waals surface area contributed by atoms with Gasteiger partial charge in [-0.25, -0.2) is 4.98 Å². The third kappa shape index (κ3) is 4.37. The number of nitrogens with one attached hydrogen (secondary N) is 1. The van der Waals surface area contributed by atoms with Gasteiger partial charge in [0.25, 0.3) is 5.56 Å².